The molecule has 0 atom stereocenters. The zero-order valence-corrected chi connectivity index (χ0v) is 17.1. The van der Waals surface area contributed by atoms with Gasteiger partial charge in [0.2, 0.25) is 11.9 Å². The Bertz CT molecular complexity index is 1160. The number of rotatable bonds is 6. The lowest BCUT2D eigenvalue weighted by molar-refractivity contribution is -0.121. The van der Waals surface area contributed by atoms with E-state index in [4.69, 9.17) is 11.6 Å². The summed E-state index contributed by atoms with van der Waals surface area (Å²) in [7, 11) is 0. The number of hydrogen-bond acceptors (Lipinski definition) is 4. The van der Waals surface area contributed by atoms with Gasteiger partial charge in [-0.2, -0.15) is 0 Å². The van der Waals surface area contributed by atoms with Crippen molar-refractivity contribution in [2.45, 2.75) is 26.9 Å². The maximum atomic E-state index is 13.5. The van der Waals surface area contributed by atoms with Crippen LogP contribution in [0, 0.1) is 25.5 Å². The first-order valence-electron chi connectivity index (χ1n) is 9.05. The average molecular weight is 433 g/mol. The Balaban J connectivity index is 1.77. The molecular formula is C21H19ClF2N4O2. The lowest BCUT2D eigenvalue weighted by Crippen LogP contribution is -2.33. The van der Waals surface area contributed by atoms with E-state index in [0.29, 0.717) is 22.5 Å². The van der Waals surface area contributed by atoms with Crippen LogP contribution >= 0.6 is 11.6 Å². The van der Waals surface area contributed by atoms with Crippen molar-refractivity contribution in [3.8, 4) is 0 Å². The van der Waals surface area contributed by atoms with Crippen molar-refractivity contribution in [1.29, 1.82) is 0 Å². The number of aryl methyl sites for hydroxylation is 2. The van der Waals surface area contributed by atoms with Gasteiger partial charge < -0.3 is 10.6 Å². The molecule has 3 aromatic rings. The van der Waals surface area contributed by atoms with Crippen LogP contribution in [0.25, 0.3) is 0 Å². The molecule has 0 aliphatic carbocycles. The van der Waals surface area contributed by atoms with E-state index in [0.717, 1.165) is 0 Å². The first-order valence-corrected chi connectivity index (χ1v) is 9.43. The van der Waals surface area contributed by atoms with Gasteiger partial charge in [0.1, 0.15) is 18.2 Å². The van der Waals surface area contributed by atoms with Crippen LogP contribution in [0.1, 0.15) is 16.8 Å². The molecule has 1 amide bonds. The van der Waals surface area contributed by atoms with Crippen LogP contribution in [-0.2, 0) is 17.9 Å². The molecule has 2 N–H and O–H groups in total. The van der Waals surface area contributed by atoms with E-state index in [-0.39, 0.29) is 29.9 Å². The molecule has 0 fully saturated rings. The van der Waals surface area contributed by atoms with Gasteiger partial charge >= 0.3 is 0 Å². The number of amides is 1. The molecule has 0 radical (unpaired) electrons. The number of benzene rings is 2. The molecule has 156 valence electrons. The summed E-state index contributed by atoms with van der Waals surface area (Å²) >= 11 is 5.74. The number of aromatic nitrogens is 2. The zero-order valence-electron chi connectivity index (χ0n) is 16.3. The molecule has 1 aromatic heterocycles. The fourth-order valence-corrected chi connectivity index (χ4v) is 2.97. The molecule has 0 aliphatic rings. The van der Waals surface area contributed by atoms with Crippen LogP contribution in [0.4, 0.5) is 20.4 Å². The molecule has 0 bridgehead atoms. The largest absolute Gasteiger partial charge is 0.350 e. The van der Waals surface area contributed by atoms with E-state index < -0.39 is 17.3 Å². The summed E-state index contributed by atoms with van der Waals surface area (Å²) in [5.41, 5.74) is 1.63. The highest BCUT2D eigenvalue weighted by molar-refractivity contribution is 6.30. The predicted octanol–water partition coefficient (Wildman–Crippen LogP) is 3.85. The van der Waals surface area contributed by atoms with Gasteiger partial charge in [-0.3, -0.25) is 14.2 Å². The van der Waals surface area contributed by atoms with Crippen LogP contribution in [0.3, 0.4) is 0 Å². The molecule has 0 saturated carbocycles. The highest BCUT2D eigenvalue weighted by atomic mass is 35.5. The smallest absolute Gasteiger partial charge is 0.255 e. The standard InChI is InChI=1S/C21H19ClF2N4O2/c1-12-7-15(4-6-17(12)23)27-21-26-13(2)8-20(30)28(21)11-19(29)25-10-14-3-5-18(24)16(22)9-14/h3-9H,10-11H2,1-2H3,(H,25,29)(H,26,27). The van der Waals surface area contributed by atoms with Gasteiger partial charge in [0.25, 0.3) is 5.56 Å². The number of halogens is 3. The van der Waals surface area contributed by atoms with Crippen LogP contribution in [0.15, 0.2) is 47.3 Å². The minimum absolute atomic E-state index is 0.0400. The number of carbonyl (C=O) groups excluding carboxylic acids is 1. The minimum Gasteiger partial charge on any atom is -0.350 e. The summed E-state index contributed by atoms with van der Waals surface area (Å²) in [6, 6.07) is 9.84. The van der Waals surface area contributed by atoms with Gasteiger partial charge in [-0.25, -0.2) is 13.8 Å². The van der Waals surface area contributed by atoms with Gasteiger partial charge in [-0.15, -0.1) is 0 Å². The second-order valence-corrected chi connectivity index (χ2v) is 7.17. The second kappa shape index (κ2) is 9.04. The molecule has 30 heavy (non-hydrogen) atoms. The molecule has 6 nitrogen and oxygen atoms in total. The first kappa shape index (κ1) is 21.4. The Labute approximate surface area is 176 Å². The molecular weight excluding hydrogens is 414 g/mol. The maximum absolute atomic E-state index is 13.5. The SMILES string of the molecule is Cc1cc(=O)n(CC(=O)NCc2ccc(F)c(Cl)c2)c(Nc2ccc(F)c(C)c2)n1. The van der Waals surface area contributed by atoms with Crippen molar-refractivity contribution in [1.82, 2.24) is 14.9 Å². The topological polar surface area (TPSA) is 76.0 Å². The van der Waals surface area contributed by atoms with Crippen molar-refractivity contribution in [2.24, 2.45) is 0 Å². The highest BCUT2D eigenvalue weighted by Gasteiger charge is 2.13. The fraction of sp³-hybridized carbons (Fsp3) is 0.190. The lowest BCUT2D eigenvalue weighted by Gasteiger charge is -2.15. The van der Waals surface area contributed by atoms with Crippen molar-refractivity contribution < 1.29 is 13.6 Å². The average Bonchev–Trinajstić information content (AvgIpc) is 2.68. The predicted molar refractivity (Wildman–Crippen MR) is 111 cm³/mol. The molecule has 0 unspecified atom stereocenters. The van der Waals surface area contributed by atoms with E-state index in [2.05, 4.69) is 15.6 Å². The summed E-state index contributed by atoms with van der Waals surface area (Å²) in [5.74, 6) is -1.18. The number of hydrogen-bond donors (Lipinski definition) is 2. The monoisotopic (exact) mass is 432 g/mol. The Kier molecular flexibility index (Phi) is 6.47. The van der Waals surface area contributed by atoms with E-state index in [9.17, 15) is 18.4 Å². The maximum Gasteiger partial charge on any atom is 0.255 e. The second-order valence-electron chi connectivity index (χ2n) is 6.76. The van der Waals surface area contributed by atoms with E-state index >= 15 is 0 Å². The van der Waals surface area contributed by atoms with E-state index in [1.807, 2.05) is 0 Å². The first-order chi connectivity index (χ1) is 14.2. The summed E-state index contributed by atoms with van der Waals surface area (Å²) < 4.78 is 27.9. The summed E-state index contributed by atoms with van der Waals surface area (Å²) in [6.45, 7) is 3.11. The Morgan fingerprint density at radius 2 is 1.83 bits per heavy atom. The third kappa shape index (κ3) is 5.21. The van der Waals surface area contributed by atoms with Crippen LogP contribution in [0.5, 0.6) is 0 Å². The molecule has 0 spiro atoms. The number of nitrogens with one attached hydrogen (secondary N) is 2. The Morgan fingerprint density at radius 3 is 2.53 bits per heavy atom. The van der Waals surface area contributed by atoms with E-state index in [1.54, 1.807) is 19.9 Å². The third-order valence-corrected chi connectivity index (χ3v) is 4.62. The molecule has 2 aromatic carbocycles. The molecule has 0 aliphatic heterocycles. The third-order valence-electron chi connectivity index (χ3n) is 4.33. The Hall–Kier alpha value is -3.26. The van der Waals surface area contributed by atoms with Crippen LogP contribution in [-0.4, -0.2) is 15.5 Å². The van der Waals surface area contributed by atoms with Crippen molar-refractivity contribution >= 4 is 29.1 Å². The van der Waals surface area contributed by atoms with Crippen LogP contribution in [0.2, 0.25) is 5.02 Å². The quantitative estimate of drug-likeness (QED) is 0.620. The fourth-order valence-electron chi connectivity index (χ4n) is 2.77. The van der Waals surface area contributed by atoms with Crippen LogP contribution < -0.4 is 16.2 Å². The Morgan fingerprint density at radius 1 is 1.10 bits per heavy atom. The summed E-state index contributed by atoms with van der Waals surface area (Å²) in [4.78, 5) is 29.1. The lowest BCUT2D eigenvalue weighted by atomic mass is 10.2. The summed E-state index contributed by atoms with van der Waals surface area (Å²) in [6.07, 6.45) is 0. The van der Waals surface area contributed by atoms with E-state index in [1.165, 1.54) is 41.0 Å². The molecule has 9 heteroatoms. The van der Waals surface area contributed by atoms with Gasteiger partial charge in [-0.05, 0) is 55.3 Å². The van der Waals surface area contributed by atoms with Crippen molar-refractivity contribution in [3.05, 3.63) is 86.3 Å². The molecule has 1 heterocycles. The number of nitrogens with zero attached hydrogens (tertiary/aromatic N) is 2. The van der Waals surface area contributed by atoms with Gasteiger partial charge in [-0.1, -0.05) is 17.7 Å². The normalized spacial score (nSPS) is 10.7. The number of carbonyl (C=O) groups is 1. The summed E-state index contributed by atoms with van der Waals surface area (Å²) in [5, 5.41) is 5.58. The van der Waals surface area contributed by atoms with Crippen molar-refractivity contribution in [2.75, 3.05) is 5.32 Å². The zero-order chi connectivity index (χ0) is 21.8. The van der Waals surface area contributed by atoms with Gasteiger partial charge in [0, 0.05) is 24.0 Å². The van der Waals surface area contributed by atoms with Gasteiger partial charge in [0.15, 0.2) is 0 Å². The van der Waals surface area contributed by atoms with Crippen molar-refractivity contribution in [3.63, 3.8) is 0 Å². The number of anilines is 2. The minimum atomic E-state index is -0.546. The molecule has 3 rings (SSSR count). The molecule has 0 saturated heterocycles. The van der Waals surface area contributed by atoms with Gasteiger partial charge in [0.05, 0.1) is 5.02 Å². The highest BCUT2D eigenvalue weighted by Crippen LogP contribution is 2.18.